The molecule has 0 amide bonds. The molecule has 0 aromatic heterocycles. The summed E-state index contributed by atoms with van der Waals surface area (Å²) in [5.41, 5.74) is 0.511. The van der Waals surface area contributed by atoms with Gasteiger partial charge in [-0.25, -0.2) is 4.39 Å². The summed E-state index contributed by atoms with van der Waals surface area (Å²) in [7, 11) is 0. The third-order valence-electron chi connectivity index (χ3n) is 2.23. The maximum Gasteiger partial charge on any atom is 0.128 e. The van der Waals surface area contributed by atoms with Crippen LogP contribution in [0, 0.1) is 5.82 Å². The second kappa shape index (κ2) is 5.73. The highest BCUT2D eigenvalue weighted by Gasteiger charge is 2.12. The summed E-state index contributed by atoms with van der Waals surface area (Å²) in [5.74, 6) is 0.199. The van der Waals surface area contributed by atoms with Gasteiger partial charge < -0.3 is 5.11 Å². The van der Waals surface area contributed by atoms with E-state index in [1.165, 1.54) is 17.8 Å². The highest BCUT2D eigenvalue weighted by Crippen LogP contribution is 2.26. The third kappa shape index (κ3) is 3.67. The van der Waals surface area contributed by atoms with Crippen LogP contribution in [-0.2, 0) is 5.75 Å². The van der Waals surface area contributed by atoms with Crippen LogP contribution in [0.4, 0.5) is 4.39 Å². The minimum absolute atomic E-state index is 0.0701. The van der Waals surface area contributed by atoms with E-state index in [2.05, 4.69) is 0 Å². The normalized spacial score (nSPS) is 15.0. The van der Waals surface area contributed by atoms with Crippen molar-refractivity contribution in [2.75, 3.05) is 0 Å². The van der Waals surface area contributed by atoms with E-state index in [4.69, 9.17) is 11.6 Å². The summed E-state index contributed by atoms with van der Waals surface area (Å²) in [6.07, 6.45) is -0.402. The Balaban J connectivity index is 2.65. The molecule has 1 rings (SSSR count). The summed E-state index contributed by atoms with van der Waals surface area (Å²) in [5, 5.41) is 9.80. The first-order valence-corrected chi connectivity index (χ1v) is 6.17. The largest absolute Gasteiger partial charge is 0.392 e. The van der Waals surface area contributed by atoms with Gasteiger partial charge in [0.05, 0.1) is 6.10 Å². The maximum atomic E-state index is 13.3. The van der Waals surface area contributed by atoms with Crippen LogP contribution in [0.1, 0.15) is 19.4 Å². The van der Waals surface area contributed by atoms with E-state index < -0.39 is 6.10 Å². The topological polar surface area (TPSA) is 20.2 Å². The van der Waals surface area contributed by atoms with E-state index in [9.17, 15) is 9.50 Å². The van der Waals surface area contributed by atoms with Gasteiger partial charge in [-0.3, -0.25) is 0 Å². The maximum absolute atomic E-state index is 13.3. The van der Waals surface area contributed by atoms with Gasteiger partial charge in [-0.1, -0.05) is 24.6 Å². The molecule has 0 radical (unpaired) electrons. The number of rotatable bonds is 4. The standard InChI is InChI=1S/C11H14ClFOS/c1-7(14)8(2)15-6-9-10(12)4-3-5-11(9)13/h3-5,7-8,14H,6H2,1-2H3. The molecule has 0 fully saturated rings. The van der Waals surface area contributed by atoms with Crippen molar-refractivity contribution in [2.45, 2.75) is 31.0 Å². The van der Waals surface area contributed by atoms with Crippen molar-refractivity contribution in [3.05, 3.63) is 34.6 Å². The van der Waals surface area contributed by atoms with Crippen LogP contribution < -0.4 is 0 Å². The van der Waals surface area contributed by atoms with Gasteiger partial charge >= 0.3 is 0 Å². The van der Waals surface area contributed by atoms with Gasteiger partial charge in [0.15, 0.2) is 0 Å². The van der Waals surface area contributed by atoms with Crippen molar-refractivity contribution in [2.24, 2.45) is 0 Å². The lowest BCUT2D eigenvalue weighted by atomic mass is 10.2. The van der Waals surface area contributed by atoms with Crippen molar-refractivity contribution in [1.29, 1.82) is 0 Å². The molecule has 84 valence electrons. The average molecular weight is 249 g/mol. The Kier molecular flexibility index (Phi) is 4.90. The van der Waals surface area contributed by atoms with Crippen molar-refractivity contribution < 1.29 is 9.50 Å². The zero-order valence-electron chi connectivity index (χ0n) is 8.71. The Morgan fingerprint density at radius 2 is 2.13 bits per heavy atom. The van der Waals surface area contributed by atoms with Crippen molar-refractivity contribution in [3.63, 3.8) is 0 Å². The Morgan fingerprint density at radius 3 is 2.67 bits per heavy atom. The quantitative estimate of drug-likeness (QED) is 0.880. The van der Waals surface area contributed by atoms with Crippen LogP contribution in [0.2, 0.25) is 5.02 Å². The van der Waals surface area contributed by atoms with Crippen LogP contribution in [-0.4, -0.2) is 16.5 Å². The number of halogens is 2. The SMILES string of the molecule is CC(O)C(C)SCc1c(F)cccc1Cl. The number of aliphatic hydroxyl groups is 1. The molecule has 1 N–H and O–H groups in total. The summed E-state index contributed by atoms with van der Waals surface area (Å²) in [6, 6.07) is 4.66. The van der Waals surface area contributed by atoms with E-state index in [0.29, 0.717) is 16.3 Å². The molecule has 0 spiro atoms. The molecule has 0 heterocycles. The number of thioether (sulfide) groups is 1. The summed E-state index contributed by atoms with van der Waals surface area (Å²) < 4.78 is 13.3. The van der Waals surface area contributed by atoms with E-state index >= 15 is 0 Å². The zero-order valence-corrected chi connectivity index (χ0v) is 10.3. The molecule has 1 aromatic rings. The lowest BCUT2D eigenvalue weighted by Crippen LogP contribution is -2.15. The second-order valence-electron chi connectivity index (χ2n) is 3.46. The van der Waals surface area contributed by atoms with Gasteiger partial charge in [-0.2, -0.15) is 11.8 Å². The minimum Gasteiger partial charge on any atom is -0.392 e. The fraction of sp³-hybridized carbons (Fsp3) is 0.455. The molecule has 0 aliphatic heterocycles. The Labute approximate surface area is 98.6 Å². The van der Waals surface area contributed by atoms with Crippen LogP contribution in [0.3, 0.4) is 0 Å². The Bertz CT molecular complexity index is 310. The van der Waals surface area contributed by atoms with Crippen molar-refractivity contribution in [1.82, 2.24) is 0 Å². The highest BCUT2D eigenvalue weighted by atomic mass is 35.5. The molecule has 0 bridgehead atoms. The number of hydrogen-bond donors (Lipinski definition) is 1. The molecule has 1 aromatic carbocycles. The van der Waals surface area contributed by atoms with Crippen LogP contribution in [0.25, 0.3) is 0 Å². The zero-order chi connectivity index (χ0) is 11.4. The minimum atomic E-state index is -0.402. The van der Waals surface area contributed by atoms with Gasteiger partial charge in [-0.05, 0) is 19.1 Å². The van der Waals surface area contributed by atoms with Crippen molar-refractivity contribution in [3.8, 4) is 0 Å². The molecule has 0 saturated heterocycles. The smallest absolute Gasteiger partial charge is 0.128 e. The molecule has 2 unspecified atom stereocenters. The summed E-state index contributed by atoms with van der Waals surface area (Å²) in [6.45, 7) is 3.63. The predicted molar refractivity (Wildman–Crippen MR) is 63.8 cm³/mol. The lowest BCUT2D eigenvalue weighted by Gasteiger charge is -2.14. The fourth-order valence-corrected chi connectivity index (χ4v) is 2.33. The molecule has 2 atom stereocenters. The Hall–Kier alpha value is -0.250. The summed E-state index contributed by atoms with van der Waals surface area (Å²) in [4.78, 5) is 0. The van der Waals surface area contributed by atoms with E-state index in [0.717, 1.165) is 0 Å². The van der Waals surface area contributed by atoms with Gasteiger partial charge in [0.2, 0.25) is 0 Å². The first-order valence-electron chi connectivity index (χ1n) is 4.75. The van der Waals surface area contributed by atoms with E-state index in [1.807, 2.05) is 6.92 Å². The van der Waals surface area contributed by atoms with Gasteiger partial charge in [-0.15, -0.1) is 0 Å². The summed E-state index contributed by atoms with van der Waals surface area (Å²) >= 11 is 7.37. The molecule has 15 heavy (non-hydrogen) atoms. The van der Waals surface area contributed by atoms with E-state index in [-0.39, 0.29) is 11.1 Å². The predicted octanol–water partition coefficient (Wildman–Crippen LogP) is 3.48. The molecule has 0 saturated carbocycles. The second-order valence-corrected chi connectivity index (χ2v) is 5.23. The number of benzene rings is 1. The lowest BCUT2D eigenvalue weighted by molar-refractivity contribution is 0.196. The molecule has 4 heteroatoms. The monoisotopic (exact) mass is 248 g/mol. The molecular formula is C11H14ClFOS. The van der Waals surface area contributed by atoms with Gasteiger partial charge in [0.1, 0.15) is 5.82 Å². The van der Waals surface area contributed by atoms with E-state index in [1.54, 1.807) is 19.1 Å². The number of aliphatic hydroxyl groups excluding tert-OH is 1. The van der Waals surface area contributed by atoms with Gasteiger partial charge in [0, 0.05) is 21.6 Å². The first kappa shape index (κ1) is 12.8. The number of hydrogen-bond acceptors (Lipinski definition) is 2. The van der Waals surface area contributed by atoms with Crippen LogP contribution in [0.15, 0.2) is 18.2 Å². The fourth-order valence-electron chi connectivity index (χ4n) is 1.02. The molecule has 0 aliphatic carbocycles. The molecule has 0 aliphatic rings. The highest BCUT2D eigenvalue weighted by molar-refractivity contribution is 7.99. The first-order chi connectivity index (χ1) is 7.02. The van der Waals surface area contributed by atoms with Gasteiger partial charge in [0.25, 0.3) is 0 Å². The Morgan fingerprint density at radius 1 is 1.47 bits per heavy atom. The van der Waals surface area contributed by atoms with Crippen LogP contribution >= 0.6 is 23.4 Å². The molecular weight excluding hydrogens is 235 g/mol. The molecule has 1 nitrogen and oxygen atoms in total. The average Bonchev–Trinajstić information content (AvgIpc) is 2.16. The third-order valence-corrected chi connectivity index (χ3v) is 3.96. The van der Waals surface area contributed by atoms with Crippen molar-refractivity contribution >= 4 is 23.4 Å². The van der Waals surface area contributed by atoms with Crippen LogP contribution in [0.5, 0.6) is 0 Å².